The molecular formula is C19H22ClNO5. The third-order valence-corrected chi connectivity index (χ3v) is 4.31. The highest BCUT2D eigenvalue weighted by molar-refractivity contribution is 6.31. The van der Waals surface area contributed by atoms with Gasteiger partial charge in [0.2, 0.25) is 0 Å². The molecule has 0 radical (unpaired) electrons. The molecule has 0 unspecified atom stereocenters. The van der Waals surface area contributed by atoms with E-state index < -0.39 is 18.7 Å². The van der Waals surface area contributed by atoms with Crippen LogP contribution in [0.5, 0.6) is 11.5 Å². The fraction of sp³-hybridized carbons (Fsp3) is 0.316. The highest BCUT2D eigenvalue weighted by Crippen LogP contribution is 2.23. The quantitative estimate of drug-likeness (QED) is 0.534. The number of phenols is 1. The van der Waals surface area contributed by atoms with Crippen LogP contribution in [0.1, 0.15) is 24.2 Å². The highest BCUT2D eigenvalue weighted by Gasteiger charge is 2.16. The van der Waals surface area contributed by atoms with E-state index in [1.54, 1.807) is 42.5 Å². The minimum Gasteiger partial charge on any atom is -0.508 e. The first-order chi connectivity index (χ1) is 12.4. The van der Waals surface area contributed by atoms with Crippen molar-refractivity contribution in [3.63, 3.8) is 0 Å². The molecule has 2 aromatic rings. The number of aromatic hydroxyl groups is 1. The minimum atomic E-state index is -1.05. The van der Waals surface area contributed by atoms with Gasteiger partial charge in [0.25, 0.3) is 0 Å². The number of hydrogen-bond acceptors (Lipinski definition) is 5. The summed E-state index contributed by atoms with van der Waals surface area (Å²) in [5.74, 6) is -0.479. The topological polar surface area (TPSA) is 99.0 Å². The minimum absolute atomic E-state index is 0.159. The highest BCUT2D eigenvalue weighted by atomic mass is 35.5. The molecule has 0 aromatic heterocycles. The summed E-state index contributed by atoms with van der Waals surface area (Å²) in [7, 11) is 0. The largest absolute Gasteiger partial charge is 0.508 e. The number of aliphatic hydroxyl groups excluding tert-OH is 1. The Balaban J connectivity index is 1.84. The number of carboxylic acid groups (broad SMARTS) is 1. The Morgan fingerprint density at radius 2 is 1.92 bits per heavy atom. The van der Waals surface area contributed by atoms with E-state index in [9.17, 15) is 15.0 Å². The molecule has 0 aliphatic rings. The van der Waals surface area contributed by atoms with E-state index in [-0.39, 0.29) is 11.8 Å². The molecule has 0 aliphatic heterocycles. The average Bonchev–Trinajstić information content (AvgIpc) is 2.61. The first kappa shape index (κ1) is 20.0. The standard InChI is InChI=1S/C19H22ClNO5/c1-12(19(25)14-2-5-15(22)6-3-14)21-9-8-13-4-7-16(10-17(13)20)26-11-18(23)24/h2-7,10,12,19,21-22,25H,8-9,11H2,1H3,(H,23,24)/t12-,19+/m0/s1. The van der Waals surface area contributed by atoms with Crippen molar-refractivity contribution < 1.29 is 24.9 Å². The maximum absolute atomic E-state index is 10.5. The Labute approximate surface area is 157 Å². The van der Waals surface area contributed by atoms with Crippen LogP contribution in [0.2, 0.25) is 5.02 Å². The number of halogens is 1. The van der Waals surface area contributed by atoms with Crippen molar-refractivity contribution in [1.29, 1.82) is 0 Å². The summed E-state index contributed by atoms with van der Waals surface area (Å²) in [5, 5.41) is 32.0. The zero-order valence-corrected chi connectivity index (χ0v) is 15.1. The van der Waals surface area contributed by atoms with Gasteiger partial charge in [0, 0.05) is 11.1 Å². The molecule has 0 saturated carbocycles. The molecule has 0 bridgehead atoms. The third-order valence-electron chi connectivity index (χ3n) is 3.96. The Morgan fingerprint density at radius 3 is 2.54 bits per heavy atom. The van der Waals surface area contributed by atoms with Crippen LogP contribution in [0.15, 0.2) is 42.5 Å². The monoisotopic (exact) mass is 379 g/mol. The van der Waals surface area contributed by atoms with Crippen molar-refractivity contribution >= 4 is 17.6 Å². The van der Waals surface area contributed by atoms with E-state index in [4.69, 9.17) is 21.4 Å². The molecule has 2 rings (SSSR count). The lowest BCUT2D eigenvalue weighted by Crippen LogP contribution is -2.33. The summed E-state index contributed by atoms with van der Waals surface area (Å²) in [4.78, 5) is 10.5. The van der Waals surface area contributed by atoms with Gasteiger partial charge in [-0.2, -0.15) is 0 Å². The van der Waals surface area contributed by atoms with Crippen molar-refractivity contribution in [2.45, 2.75) is 25.5 Å². The molecule has 140 valence electrons. The second-order valence-corrected chi connectivity index (χ2v) is 6.37. The number of rotatable bonds is 9. The lowest BCUT2D eigenvalue weighted by Gasteiger charge is -2.21. The van der Waals surface area contributed by atoms with Crippen LogP contribution in [0.3, 0.4) is 0 Å². The van der Waals surface area contributed by atoms with Gasteiger partial charge in [0.1, 0.15) is 11.5 Å². The zero-order valence-electron chi connectivity index (χ0n) is 14.4. The number of benzene rings is 2. The maximum atomic E-state index is 10.5. The second kappa shape index (κ2) is 9.43. The smallest absolute Gasteiger partial charge is 0.341 e. The van der Waals surface area contributed by atoms with Crippen LogP contribution in [0, 0.1) is 0 Å². The van der Waals surface area contributed by atoms with Crippen molar-refractivity contribution in [2.75, 3.05) is 13.2 Å². The van der Waals surface area contributed by atoms with Crippen LogP contribution >= 0.6 is 11.6 Å². The first-order valence-corrected chi connectivity index (χ1v) is 8.58. The van der Waals surface area contributed by atoms with Gasteiger partial charge in [0.05, 0.1) is 6.10 Å². The molecule has 0 aliphatic carbocycles. The van der Waals surface area contributed by atoms with Crippen molar-refractivity contribution in [2.24, 2.45) is 0 Å². The van der Waals surface area contributed by atoms with Crippen LogP contribution in [-0.2, 0) is 11.2 Å². The number of ether oxygens (including phenoxy) is 1. The Hall–Kier alpha value is -2.28. The number of nitrogens with one attached hydrogen (secondary N) is 1. The summed E-state index contributed by atoms with van der Waals surface area (Å²) in [6.07, 6.45) is -0.0529. The van der Waals surface area contributed by atoms with E-state index in [0.29, 0.717) is 23.7 Å². The molecule has 6 nitrogen and oxygen atoms in total. The molecule has 4 N–H and O–H groups in total. The summed E-state index contributed by atoms with van der Waals surface area (Å²) < 4.78 is 5.08. The van der Waals surface area contributed by atoms with Crippen LogP contribution in [0.25, 0.3) is 0 Å². The zero-order chi connectivity index (χ0) is 19.1. The lowest BCUT2D eigenvalue weighted by molar-refractivity contribution is -0.139. The Morgan fingerprint density at radius 1 is 1.23 bits per heavy atom. The fourth-order valence-corrected chi connectivity index (χ4v) is 2.74. The molecule has 0 fully saturated rings. The maximum Gasteiger partial charge on any atom is 0.341 e. The summed E-state index contributed by atoms with van der Waals surface area (Å²) in [6, 6.07) is 11.3. The van der Waals surface area contributed by atoms with E-state index in [1.807, 2.05) is 6.92 Å². The van der Waals surface area contributed by atoms with Gasteiger partial charge < -0.3 is 25.4 Å². The van der Waals surface area contributed by atoms with Crippen molar-refractivity contribution in [3.8, 4) is 11.5 Å². The van der Waals surface area contributed by atoms with Crippen molar-refractivity contribution in [3.05, 3.63) is 58.6 Å². The Bertz CT molecular complexity index is 735. The molecule has 0 spiro atoms. The predicted molar refractivity (Wildman–Crippen MR) is 98.8 cm³/mol. The normalized spacial score (nSPS) is 13.2. The molecular weight excluding hydrogens is 358 g/mol. The number of hydrogen-bond donors (Lipinski definition) is 4. The molecule has 26 heavy (non-hydrogen) atoms. The number of phenolic OH excluding ortho intramolecular Hbond substituents is 1. The van der Waals surface area contributed by atoms with Gasteiger partial charge in [-0.15, -0.1) is 0 Å². The lowest BCUT2D eigenvalue weighted by atomic mass is 10.0. The third kappa shape index (κ3) is 5.91. The van der Waals surface area contributed by atoms with E-state index in [2.05, 4.69) is 5.32 Å². The van der Waals surface area contributed by atoms with Gasteiger partial charge in [-0.25, -0.2) is 4.79 Å². The second-order valence-electron chi connectivity index (χ2n) is 5.96. The van der Waals surface area contributed by atoms with E-state index in [1.165, 1.54) is 0 Å². The van der Waals surface area contributed by atoms with Crippen molar-refractivity contribution in [1.82, 2.24) is 5.32 Å². The SMILES string of the molecule is C[C@H](NCCc1ccc(OCC(=O)O)cc1Cl)[C@@H](O)c1ccc(O)cc1. The first-order valence-electron chi connectivity index (χ1n) is 8.20. The molecule has 2 aromatic carbocycles. The predicted octanol–water partition coefficient (Wildman–Crippen LogP) is 2.76. The average molecular weight is 380 g/mol. The molecule has 0 saturated heterocycles. The fourth-order valence-electron chi connectivity index (χ4n) is 2.47. The van der Waals surface area contributed by atoms with Gasteiger partial charge in [-0.05, 0) is 55.3 Å². The number of carbonyl (C=O) groups is 1. The van der Waals surface area contributed by atoms with Gasteiger partial charge in [-0.1, -0.05) is 29.8 Å². The number of carboxylic acids is 1. The van der Waals surface area contributed by atoms with E-state index in [0.717, 1.165) is 11.1 Å². The number of aliphatic hydroxyl groups is 1. The summed E-state index contributed by atoms with van der Waals surface area (Å²) in [5.41, 5.74) is 1.62. The molecule has 0 heterocycles. The molecule has 2 atom stereocenters. The van der Waals surface area contributed by atoms with Gasteiger partial charge in [0.15, 0.2) is 6.61 Å². The summed E-state index contributed by atoms with van der Waals surface area (Å²) >= 11 is 6.21. The summed E-state index contributed by atoms with van der Waals surface area (Å²) in [6.45, 7) is 2.07. The van der Waals surface area contributed by atoms with Crippen LogP contribution in [0.4, 0.5) is 0 Å². The van der Waals surface area contributed by atoms with Crippen LogP contribution < -0.4 is 10.1 Å². The van der Waals surface area contributed by atoms with E-state index >= 15 is 0 Å². The van der Waals surface area contributed by atoms with Crippen LogP contribution in [-0.4, -0.2) is 40.5 Å². The molecule has 0 amide bonds. The molecule has 7 heteroatoms. The Kier molecular flexibility index (Phi) is 7.26. The van der Waals surface area contributed by atoms with Gasteiger partial charge >= 0.3 is 5.97 Å². The number of aliphatic carboxylic acids is 1. The van der Waals surface area contributed by atoms with Gasteiger partial charge in [-0.3, -0.25) is 0 Å².